The van der Waals surface area contributed by atoms with Gasteiger partial charge in [0.15, 0.2) is 0 Å². The first-order valence-corrected chi connectivity index (χ1v) is 7.84. The Hall–Kier alpha value is -2.00. The van der Waals surface area contributed by atoms with Gasteiger partial charge < -0.3 is 14.8 Å². The molecule has 2 aromatic carbocycles. The van der Waals surface area contributed by atoms with Crippen molar-refractivity contribution < 1.29 is 9.47 Å². The maximum Gasteiger partial charge on any atom is 0.124 e. The summed E-state index contributed by atoms with van der Waals surface area (Å²) in [6, 6.07) is 16.6. The lowest BCUT2D eigenvalue weighted by Gasteiger charge is -2.40. The third-order valence-electron chi connectivity index (χ3n) is 4.54. The van der Waals surface area contributed by atoms with Crippen molar-refractivity contribution in [3.63, 3.8) is 0 Å². The first-order valence-electron chi connectivity index (χ1n) is 7.84. The minimum atomic E-state index is -0.253. The van der Waals surface area contributed by atoms with E-state index < -0.39 is 0 Å². The van der Waals surface area contributed by atoms with Crippen LogP contribution >= 0.6 is 0 Å². The number of piperidine rings is 1. The van der Waals surface area contributed by atoms with E-state index in [1.165, 1.54) is 24.0 Å². The number of para-hydroxylation sites is 2. The maximum absolute atomic E-state index is 5.64. The van der Waals surface area contributed by atoms with Gasteiger partial charge in [0, 0.05) is 11.1 Å². The highest BCUT2D eigenvalue weighted by Gasteiger charge is 2.39. The first kappa shape index (κ1) is 14.9. The Morgan fingerprint density at radius 2 is 1.36 bits per heavy atom. The highest BCUT2D eigenvalue weighted by molar-refractivity contribution is 5.51. The number of methoxy groups -OCH3 is 2. The summed E-state index contributed by atoms with van der Waals surface area (Å²) in [5, 5.41) is 3.75. The van der Waals surface area contributed by atoms with Crippen LogP contribution in [0.5, 0.6) is 11.5 Å². The number of ether oxygens (including phenoxy) is 2. The van der Waals surface area contributed by atoms with E-state index in [0.717, 1.165) is 24.5 Å². The van der Waals surface area contributed by atoms with Crippen LogP contribution in [0, 0.1) is 0 Å². The molecule has 1 heterocycles. The lowest BCUT2D eigenvalue weighted by atomic mass is 9.76. The molecule has 1 aliphatic heterocycles. The van der Waals surface area contributed by atoms with Crippen molar-refractivity contribution in [1.82, 2.24) is 5.32 Å². The molecule has 1 N–H and O–H groups in total. The van der Waals surface area contributed by atoms with Gasteiger partial charge >= 0.3 is 0 Å². The van der Waals surface area contributed by atoms with Gasteiger partial charge in [-0.05, 0) is 37.9 Å². The maximum atomic E-state index is 5.64. The summed E-state index contributed by atoms with van der Waals surface area (Å²) in [6.07, 6.45) is 3.42. The van der Waals surface area contributed by atoms with Crippen molar-refractivity contribution in [2.24, 2.45) is 0 Å². The third-order valence-corrected chi connectivity index (χ3v) is 4.54. The average Bonchev–Trinajstić information content (AvgIpc) is 2.62. The Kier molecular flexibility index (Phi) is 4.34. The van der Waals surface area contributed by atoms with Crippen LogP contribution in [0.2, 0.25) is 0 Å². The van der Waals surface area contributed by atoms with Gasteiger partial charge in [0.1, 0.15) is 11.5 Å². The van der Waals surface area contributed by atoms with E-state index in [4.69, 9.17) is 9.47 Å². The average molecular weight is 297 g/mol. The Bertz CT molecular complexity index is 583. The molecule has 0 radical (unpaired) electrons. The Morgan fingerprint density at radius 3 is 1.82 bits per heavy atom. The van der Waals surface area contributed by atoms with E-state index in [-0.39, 0.29) is 5.54 Å². The van der Waals surface area contributed by atoms with Gasteiger partial charge in [0.05, 0.1) is 19.8 Å². The summed E-state index contributed by atoms with van der Waals surface area (Å²) in [5.41, 5.74) is 2.11. The van der Waals surface area contributed by atoms with Crippen LogP contribution in [0.1, 0.15) is 30.4 Å². The quantitative estimate of drug-likeness (QED) is 0.933. The van der Waals surface area contributed by atoms with Gasteiger partial charge in [0.25, 0.3) is 0 Å². The second kappa shape index (κ2) is 6.41. The molecule has 116 valence electrons. The van der Waals surface area contributed by atoms with Crippen molar-refractivity contribution in [2.75, 3.05) is 20.8 Å². The Morgan fingerprint density at radius 1 is 0.818 bits per heavy atom. The molecule has 0 aromatic heterocycles. The summed E-state index contributed by atoms with van der Waals surface area (Å²) < 4.78 is 11.3. The molecular formula is C19H23NO2. The lowest BCUT2D eigenvalue weighted by molar-refractivity contribution is 0.285. The molecule has 3 nitrogen and oxygen atoms in total. The predicted molar refractivity (Wildman–Crippen MR) is 88.6 cm³/mol. The van der Waals surface area contributed by atoms with E-state index in [1.54, 1.807) is 14.2 Å². The largest absolute Gasteiger partial charge is 0.496 e. The summed E-state index contributed by atoms with van der Waals surface area (Å²) in [6.45, 7) is 0.996. The van der Waals surface area contributed by atoms with E-state index >= 15 is 0 Å². The number of benzene rings is 2. The van der Waals surface area contributed by atoms with Gasteiger partial charge in [0.2, 0.25) is 0 Å². The molecule has 0 aliphatic carbocycles. The van der Waals surface area contributed by atoms with Crippen molar-refractivity contribution >= 4 is 0 Å². The van der Waals surface area contributed by atoms with Crippen LogP contribution in [-0.4, -0.2) is 20.8 Å². The number of rotatable bonds is 4. The highest BCUT2D eigenvalue weighted by atomic mass is 16.5. The monoisotopic (exact) mass is 297 g/mol. The molecule has 0 atom stereocenters. The van der Waals surface area contributed by atoms with Crippen molar-refractivity contribution in [3.05, 3.63) is 59.7 Å². The molecule has 3 heteroatoms. The molecule has 0 amide bonds. The summed E-state index contributed by atoms with van der Waals surface area (Å²) in [4.78, 5) is 0. The van der Waals surface area contributed by atoms with Gasteiger partial charge in [-0.15, -0.1) is 0 Å². The van der Waals surface area contributed by atoms with Crippen LogP contribution in [0.15, 0.2) is 48.5 Å². The molecule has 0 bridgehead atoms. The molecule has 1 aliphatic rings. The Balaban J connectivity index is 2.21. The molecule has 22 heavy (non-hydrogen) atoms. The predicted octanol–water partition coefficient (Wildman–Crippen LogP) is 3.72. The number of nitrogens with one attached hydrogen (secondary N) is 1. The smallest absolute Gasteiger partial charge is 0.124 e. The van der Waals surface area contributed by atoms with Gasteiger partial charge in [-0.25, -0.2) is 0 Å². The summed E-state index contributed by atoms with van der Waals surface area (Å²) >= 11 is 0. The SMILES string of the molecule is COc1ccccc1C1(c2ccccc2OC)CCCCN1. The van der Waals surface area contributed by atoms with Gasteiger partial charge in [-0.3, -0.25) is 0 Å². The van der Waals surface area contributed by atoms with E-state index in [0.29, 0.717) is 0 Å². The lowest BCUT2D eigenvalue weighted by Crippen LogP contribution is -2.47. The second-order valence-electron chi connectivity index (χ2n) is 5.69. The summed E-state index contributed by atoms with van der Waals surface area (Å²) in [7, 11) is 3.47. The van der Waals surface area contributed by atoms with Crippen LogP contribution in [-0.2, 0) is 5.54 Å². The first-order chi connectivity index (χ1) is 10.8. The fourth-order valence-electron chi connectivity index (χ4n) is 3.50. The van der Waals surface area contributed by atoms with Crippen molar-refractivity contribution in [1.29, 1.82) is 0 Å². The molecular weight excluding hydrogens is 274 g/mol. The molecule has 0 saturated carbocycles. The molecule has 1 saturated heterocycles. The zero-order chi connectivity index (χ0) is 15.4. The minimum Gasteiger partial charge on any atom is -0.496 e. The molecule has 2 aromatic rings. The molecule has 0 unspecified atom stereocenters. The van der Waals surface area contributed by atoms with E-state index in [2.05, 4.69) is 29.6 Å². The molecule has 3 rings (SSSR count). The zero-order valence-corrected chi connectivity index (χ0v) is 13.3. The van der Waals surface area contributed by atoms with Gasteiger partial charge in [-0.2, -0.15) is 0 Å². The second-order valence-corrected chi connectivity index (χ2v) is 5.69. The third kappa shape index (κ3) is 2.46. The normalized spacial score (nSPS) is 17.0. The fraction of sp³-hybridized carbons (Fsp3) is 0.368. The van der Waals surface area contributed by atoms with E-state index in [9.17, 15) is 0 Å². The van der Waals surface area contributed by atoms with Crippen molar-refractivity contribution in [3.8, 4) is 11.5 Å². The van der Waals surface area contributed by atoms with Crippen molar-refractivity contribution in [2.45, 2.75) is 24.8 Å². The van der Waals surface area contributed by atoms with Gasteiger partial charge in [-0.1, -0.05) is 36.4 Å². The molecule has 1 fully saturated rings. The van der Waals surface area contributed by atoms with E-state index in [1.807, 2.05) is 24.3 Å². The number of hydrogen-bond acceptors (Lipinski definition) is 3. The Labute approximate surface area is 132 Å². The highest BCUT2D eigenvalue weighted by Crippen LogP contribution is 2.44. The van der Waals surface area contributed by atoms with Crippen LogP contribution in [0.4, 0.5) is 0 Å². The molecule has 0 spiro atoms. The number of hydrogen-bond donors (Lipinski definition) is 1. The van der Waals surface area contributed by atoms with Crippen LogP contribution in [0.25, 0.3) is 0 Å². The standard InChI is InChI=1S/C19H23NO2/c1-21-17-11-5-3-9-15(17)19(13-7-8-14-20-19)16-10-4-6-12-18(16)22-2/h3-6,9-12,20H,7-8,13-14H2,1-2H3. The minimum absolute atomic E-state index is 0.253. The van der Waals surface area contributed by atoms with Crippen LogP contribution < -0.4 is 14.8 Å². The zero-order valence-electron chi connectivity index (χ0n) is 13.3. The summed E-state index contributed by atoms with van der Waals surface area (Å²) in [5.74, 6) is 1.84. The van der Waals surface area contributed by atoms with Crippen LogP contribution in [0.3, 0.4) is 0 Å². The topological polar surface area (TPSA) is 30.5 Å². The fourth-order valence-corrected chi connectivity index (χ4v) is 3.50.